The van der Waals surface area contributed by atoms with Crippen molar-refractivity contribution >= 4 is 0 Å². The van der Waals surface area contributed by atoms with Gasteiger partial charge in [-0.25, -0.2) is 4.98 Å². The maximum Gasteiger partial charge on any atom is 0.138 e. The highest BCUT2D eigenvalue weighted by Crippen LogP contribution is 2.20. The van der Waals surface area contributed by atoms with E-state index in [0.29, 0.717) is 0 Å². The number of hydrogen-bond acceptors (Lipinski definition) is 3. The maximum absolute atomic E-state index is 4.35. The zero-order chi connectivity index (χ0) is 14.5. The molecule has 0 bridgehead atoms. The summed E-state index contributed by atoms with van der Waals surface area (Å²) in [6.07, 6.45) is 3.60. The van der Waals surface area contributed by atoms with Crippen LogP contribution in [0.2, 0.25) is 0 Å². The molecule has 2 rings (SSSR count). The van der Waals surface area contributed by atoms with Gasteiger partial charge in [0.1, 0.15) is 12.2 Å². The summed E-state index contributed by atoms with van der Waals surface area (Å²) in [6.45, 7) is 7.49. The Labute approximate surface area is 121 Å². The monoisotopic (exact) mass is 272 g/mol. The van der Waals surface area contributed by atoms with E-state index in [-0.39, 0.29) is 6.04 Å². The largest absolute Gasteiger partial charge is 0.310 e. The van der Waals surface area contributed by atoms with Gasteiger partial charge >= 0.3 is 0 Å². The number of aromatic nitrogens is 3. The van der Waals surface area contributed by atoms with Gasteiger partial charge in [0, 0.05) is 19.5 Å². The van der Waals surface area contributed by atoms with Gasteiger partial charge in [-0.05, 0) is 32.4 Å². The standard InChI is InChI=1S/C16H24N4/c1-5-6-17-15(10-16-18-11-19-20(16)4)14-8-12(2)7-13(3)9-14/h7-9,11,15,17H,5-6,10H2,1-4H3. The van der Waals surface area contributed by atoms with Crippen LogP contribution in [0.3, 0.4) is 0 Å². The molecule has 4 heteroatoms. The molecule has 0 saturated carbocycles. The van der Waals surface area contributed by atoms with E-state index in [9.17, 15) is 0 Å². The van der Waals surface area contributed by atoms with Crippen molar-refractivity contribution in [2.75, 3.05) is 6.54 Å². The molecule has 0 saturated heterocycles. The predicted molar refractivity (Wildman–Crippen MR) is 81.7 cm³/mol. The lowest BCUT2D eigenvalue weighted by Gasteiger charge is -2.19. The van der Waals surface area contributed by atoms with Crippen LogP contribution in [-0.2, 0) is 13.5 Å². The molecule has 4 nitrogen and oxygen atoms in total. The fourth-order valence-corrected chi connectivity index (χ4v) is 2.53. The lowest BCUT2D eigenvalue weighted by atomic mass is 9.98. The third-order valence-corrected chi connectivity index (χ3v) is 3.48. The molecule has 1 aromatic heterocycles. The first-order valence-electron chi connectivity index (χ1n) is 7.24. The van der Waals surface area contributed by atoms with E-state index >= 15 is 0 Å². The minimum Gasteiger partial charge on any atom is -0.310 e. The number of aryl methyl sites for hydroxylation is 3. The van der Waals surface area contributed by atoms with Crippen LogP contribution in [0, 0.1) is 13.8 Å². The molecular weight excluding hydrogens is 248 g/mol. The van der Waals surface area contributed by atoms with Gasteiger partial charge in [0.05, 0.1) is 0 Å². The molecule has 1 N–H and O–H groups in total. The molecule has 0 fully saturated rings. The summed E-state index contributed by atoms with van der Waals surface area (Å²) in [4.78, 5) is 4.35. The Morgan fingerprint density at radius 1 is 1.20 bits per heavy atom. The van der Waals surface area contributed by atoms with E-state index in [1.165, 1.54) is 16.7 Å². The summed E-state index contributed by atoms with van der Waals surface area (Å²) in [5.41, 5.74) is 3.95. The van der Waals surface area contributed by atoms with Gasteiger partial charge in [-0.3, -0.25) is 4.68 Å². The van der Waals surface area contributed by atoms with Crippen LogP contribution in [0.5, 0.6) is 0 Å². The van der Waals surface area contributed by atoms with Crippen molar-refractivity contribution in [2.45, 2.75) is 39.7 Å². The normalized spacial score (nSPS) is 12.6. The number of nitrogens with one attached hydrogen (secondary N) is 1. The van der Waals surface area contributed by atoms with E-state index in [0.717, 1.165) is 25.2 Å². The van der Waals surface area contributed by atoms with Crippen molar-refractivity contribution in [3.8, 4) is 0 Å². The highest BCUT2D eigenvalue weighted by atomic mass is 15.3. The highest BCUT2D eigenvalue weighted by Gasteiger charge is 2.15. The summed E-state index contributed by atoms with van der Waals surface area (Å²) in [5.74, 6) is 1.01. The molecule has 1 aromatic carbocycles. The first kappa shape index (κ1) is 14.7. The first-order valence-corrected chi connectivity index (χ1v) is 7.24. The molecule has 0 aliphatic rings. The number of nitrogens with zero attached hydrogens (tertiary/aromatic N) is 3. The molecule has 108 valence electrons. The van der Waals surface area contributed by atoms with Gasteiger partial charge in [0.2, 0.25) is 0 Å². The Morgan fingerprint density at radius 2 is 1.90 bits per heavy atom. The van der Waals surface area contributed by atoms with E-state index < -0.39 is 0 Å². The van der Waals surface area contributed by atoms with Crippen molar-refractivity contribution in [1.82, 2.24) is 20.1 Å². The maximum atomic E-state index is 4.35. The SMILES string of the molecule is CCCNC(Cc1ncnn1C)c1cc(C)cc(C)c1. The second-order valence-corrected chi connectivity index (χ2v) is 5.43. The van der Waals surface area contributed by atoms with Crippen LogP contribution in [0.4, 0.5) is 0 Å². The third kappa shape index (κ3) is 3.67. The molecule has 1 atom stereocenters. The van der Waals surface area contributed by atoms with Gasteiger partial charge < -0.3 is 5.32 Å². The molecule has 0 amide bonds. The van der Waals surface area contributed by atoms with E-state index in [1.54, 1.807) is 6.33 Å². The molecule has 0 radical (unpaired) electrons. The summed E-state index contributed by atoms with van der Waals surface area (Å²) < 4.78 is 1.85. The number of hydrogen-bond donors (Lipinski definition) is 1. The Hall–Kier alpha value is -1.68. The van der Waals surface area contributed by atoms with Crippen LogP contribution in [0.15, 0.2) is 24.5 Å². The smallest absolute Gasteiger partial charge is 0.138 e. The van der Waals surface area contributed by atoms with E-state index in [4.69, 9.17) is 0 Å². The summed E-state index contributed by atoms with van der Waals surface area (Å²) in [7, 11) is 1.95. The fourth-order valence-electron chi connectivity index (χ4n) is 2.53. The van der Waals surface area contributed by atoms with Crippen LogP contribution in [-0.4, -0.2) is 21.3 Å². The molecular formula is C16H24N4. The van der Waals surface area contributed by atoms with Crippen LogP contribution in [0.25, 0.3) is 0 Å². The van der Waals surface area contributed by atoms with Crippen molar-refractivity contribution < 1.29 is 0 Å². The Morgan fingerprint density at radius 3 is 2.45 bits per heavy atom. The Kier molecular flexibility index (Phi) is 4.90. The molecule has 2 aromatic rings. The van der Waals surface area contributed by atoms with Gasteiger partial charge in [-0.15, -0.1) is 0 Å². The van der Waals surface area contributed by atoms with Crippen LogP contribution < -0.4 is 5.32 Å². The van der Waals surface area contributed by atoms with Crippen molar-refractivity contribution in [3.05, 3.63) is 47.0 Å². The van der Waals surface area contributed by atoms with Crippen molar-refractivity contribution in [1.29, 1.82) is 0 Å². The van der Waals surface area contributed by atoms with Crippen molar-refractivity contribution in [2.24, 2.45) is 7.05 Å². The minimum atomic E-state index is 0.288. The summed E-state index contributed by atoms with van der Waals surface area (Å²) >= 11 is 0. The molecule has 1 unspecified atom stereocenters. The van der Waals surface area contributed by atoms with Crippen molar-refractivity contribution in [3.63, 3.8) is 0 Å². The summed E-state index contributed by atoms with van der Waals surface area (Å²) in [5, 5.41) is 7.78. The second-order valence-electron chi connectivity index (χ2n) is 5.43. The topological polar surface area (TPSA) is 42.7 Å². The number of rotatable bonds is 6. The van der Waals surface area contributed by atoms with Gasteiger partial charge in [-0.2, -0.15) is 5.10 Å². The lowest BCUT2D eigenvalue weighted by Crippen LogP contribution is -2.25. The number of benzene rings is 1. The molecule has 0 aliphatic heterocycles. The first-order chi connectivity index (χ1) is 9.60. The fraction of sp³-hybridized carbons (Fsp3) is 0.500. The van der Waals surface area contributed by atoms with Crippen LogP contribution >= 0.6 is 0 Å². The Balaban J connectivity index is 2.24. The van der Waals surface area contributed by atoms with Gasteiger partial charge in [0.15, 0.2) is 0 Å². The molecule has 20 heavy (non-hydrogen) atoms. The third-order valence-electron chi connectivity index (χ3n) is 3.48. The van der Waals surface area contributed by atoms with E-state index in [2.05, 4.69) is 54.4 Å². The lowest BCUT2D eigenvalue weighted by molar-refractivity contribution is 0.506. The molecule has 0 aliphatic carbocycles. The summed E-state index contributed by atoms with van der Waals surface area (Å²) in [6, 6.07) is 7.02. The predicted octanol–water partition coefficient (Wildman–Crippen LogP) is 2.72. The zero-order valence-electron chi connectivity index (χ0n) is 12.8. The van der Waals surface area contributed by atoms with Gasteiger partial charge in [-0.1, -0.05) is 36.2 Å². The molecule has 0 spiro atoms. The van der Waals surface area contributed by atoms with E-state index in [1.807, 2.05) is 11.7 Å². The second kappa shape index (κ2) is 6.66. The average Bonchev–Trinajstić information content (AvgIpc) is 2.78. The Bertz CT molecular complexity index is 539. The zero-order valence-corrected chi connectivity index (χ0v) is 12.8. The highest BCUT2D eigenvalue weighted by molar-refractivity contribution is 5.31. The molecule has 1 heterocycles. The minimum absolute atomic E-state index is 0.288. The van der Waals surface area contributed by atoms with Crippen LogP contribution in [0.1, 0.15) is 41.9 Å². The quantitative estimate of drug-likeness (QED) is 0.879. The van der Waals surface area contributed by atoms with Gasteiger partial charge in [0.25, 0.3) is 0 Å². The average molecular weight is 272 g/mol.